The van der Waals surface area contributed by atoms with Gasteiger partial charge in [-0.05, 0) is 33.8 Å². The molecule has 0 unspecified atom stereocenters. The van der Waals surface area contributed by atoms with Crippen molar-refractivity contribution in [3.05, 3.63) is 46.8 Å². The number of aromatic nitrogens is 4. The summed E-state index contributed by atoms with van der Waals surface area (Å²) in [6, 6.07) is 9.29. The first kappa shape index (κ1) is 13.3. The van der Waals surface area contributed by atoms with Crippen LogP contribution in [0, 0.1) is 10.1 Å². The van der Waals surface area contributed by atoms with E-state index in [0.29, 0.717) is 10.9 Å². The molecule has 0 saturated heterocycles. The second kappa shape index (κ2) is 5.37. The number of nitro groups is 1. The minimum atomic E-state index is -0.545. The summed E-state index contributed by atoms with van der Waals surface area (Å²) in [5.74, 6) is 0.130. The first-order valence-corrected chi connectivity index (χ1v) is 6.69. The summed E-state index contributed by atoms with van der Waals surface area (Å²) in [6.07, 6.45) is 1.37. The molecular weight excluding hydrogens is 294 g/mol. The fraction of sp³-hybridized carbons (Fsp3) is 0.0833. The first-order valence-electron chi connectivity index (χ1n) is 5.87. The molecule has 0 N–H and O–H groups in total. The van der Waals surface area contributed by atoms with Crippen molar-refractivity contribution >= 4 is 17.6 Å². The van der Waals surface area contributed by atoms with E-state index in [1.54, 1.807) is 7.05 Å². The Morgan fingerprint density at radius 3 is 2.76 bits per heavy atom. The lowest BCUT2D eigenvalue weighted by atomic mass is 10.2. The van der Waals surface area contributed by atoms with E-state index in [2.05, 4.69) is 15.2 Å². The molecule has 0 saturated carbocycles. The summed E-state index contributed by atoms with van der Waals surface area (Å²) >= 11 is 1.01. The van der Waals surface area contributed by atoms with Gasteiger partial charge in [0.25, 0.3) is 5.22 Å². The molecule has 106 valence electrons. The number of aryl methyl sites for hydroxylation is 1. The Balaban J connectivity index is 1.89. The molecule has 0 spiro atoms. The molecule has 0 fully saturated rings. The van der Waals surface area contributed by atoms with Gasteiger partial charge in [0.1, 0.15) is 0 Å². The quantitative estimate of drug-likeness (QED) is 0.539. The number of rotatable bonds is 4. The molecule has 0 aliphatic carbocycles. The molecule has 3 rings (SSSR count). The molecule has 0 radical (unpaired) electrons. The summed E-state index contributed by atoms with van der Waals surface area (Å²) < 4.78 is 7.05. The molecule has 2 heterocycles. The van der Waals surface area contributed by atoms with Gasteiger partial charge in [0.2, 0.25) is 12.2 Å². The highest BCUT2D eigenvalue weighted by Gasteiger charge is 2.23. The topological polar surface area (TPSA) is 99.9 Å². The van der Waals surface area contributed by atoms with Crippen molar-refractivity contribution in [3.8, 4) is 11.5 Å². The van der Waals surface area contributed by atoms with Crippen LogP contribution in [0.5, 0.6) is 0 Å². The largest absolute Gasteiger partial charge is 0.411 e. The second-order valence-corrected chi connectivity index (χ2v) is 5.02. The van der Waals surface area contributed by atoms with Crippen molar-refractivity contribution in [2.75, 3.05) is 0 Å². The van der Waals surface area contributed by atoms with E-state index in [4.69, 9.17) is 4.42 Å². The van der Waals surface area contributed by atoms with Gasteiger partial charge in [0.15, 0.2) is 5.03 Å². The lowest BCUT2D eigenvalue weighted by Gasteiger charge is -1.97. The van der Waals surface area contributed by atoms with E-state index in [1.807, 2.05) is 30.3 Å². The van der Waals surface area contributed by atoms with Gasteiger partial charge in [0.05, 0.1) is 0 Å². The Labute approximate surface area is 123 Å². The van der Waals surface area contributed by atoms with Crippen LogP contribution in [0.1, 0.15) is 0 Å². The van der Waals surface area contributed by atoms with Gasteiger partial charge in [-0.3, -0.25) is 0 Å². The molecule has 0 amide bonds. The average molecular weight is 303 g/mol. The molecule has 0 atom stereocenters. The molecular formula is C12H9N5O3S. The monoisotopic (exact) mass is 303 g/mol. The second-order valence-electron chi connectivity index (χ2n) is 4.08. The van der Waals surface area contributed by atoms with E-state index in [1.165, 1.54) is 10.9 Å². The minimum absolute atomic E-state index is 0.223. The lowest BCUT2D eigenvalue weighted by molar-refractivity contribution is -0.392. The number of hydrogen-bond donors (Lipinski definition) is 0. The molecule has 2 aromatic heterocycles. The van der Waals surface area contributed by atoms with Gasteiger partial charge < -0.3 is 19.1 Å². The summed E-state index contributed by atoms with van der Waals surface area (Å²) in [6.45, 7) is 0. The average Bonchev–Trinajstić information content (AvgIpc) is 3.08. The fourth-order valence-electron chi connectivity index (χ4n) is 1.68. The van der Waals surface area contributed by atoms with Crippen LogP contribution >= 0.6 is 11.8 Å². The Kier molecular flexibility index (Phi) is 3.40. The molecule has 1 aromatic carbocycles. The summed E-state index contributed by atoms with van der Waals surface area (Å²) in [5.41, 5.74) is 0.788. The maximum Gasteiger partial charge on any atom is 0.396 e. The zero-order chi connectivity index (χ0) is 14.8. The standard InChI is InChI=1S/C12H9N5O3S/c1-16-7-13-9(17(18)19)11(16)21-12-15-14-10(20-12)8-5-3-2-4-6-8/h2-7H,1H3. The van der Waals surface area contributed by atoms with Crippen molar-refractivity contribution < 1.29 is 9.34 Å². The van der Waals surface area contributed by atoms with Crippen molar-refractivity contribution in [1.82, 2.24) is 19.7 Å². The van der Waals surface area contributed by atoms with Gasteiger partial charge >= 0.3 is 5.82 Å². The van der Waals surface area contributed by atoms with Gasteiger partial charge in [0, 0.05) is 12.6 Å². The van der Waals surface area contributed by atoms with Crippen LogP contribution in [0.2, 0.25) is 0 Å². The van der Waals surface area contributed by atoms with Crippen LogP contribution in [0.25, 0.3) is 11.5 Å². The van der Waals surface area contributed by atoms with E-state index in [-0.39, 0.29) is 11.0 Å². The molecule has 8 nitrogen and oxygen atoms in total. The van der Waals surface area contributed by atoms with Crippen LogP contribution in [-0.4, -0.2) is 24.7 Å². The third-order valence-corrected chi connectivity index (χ3v) is 3.65. The highest BCUT2D eigenvalue weighted by Crippen LogP contribution is 2.33. The van der Waals surface area contributed by atoms with Crippen molar-refractivity contribution in [3.63, 3.8) is 0 Å². The highest BCUT2D eigenvalue weighted by molar-refractivity contribution is 7.99. The molecule has 3 aromatic rings. The normalized spacial score (nSPS) is 10.7. The maximum atomic E-state index is 10.9. The summed E-state index contributed by atoms with van der Waals surface area (Å²) in [5, 5.41) is 19.3. The van der Waals surface area contributed by atoms with E-state index in [0.717, 1.165) is 17.3 Å². The Morgan fingerprint density at radius 2 is 2.05 bits per heavy atom. The van der Waals surface area contributed by atoms with E-state index < -0.39 is 4.92 Å². The van der Waals surface area contributed by atoms with Crippen molar-refractivity contribution in [2.24, 2.45) is 7.05 Å². The predicted molar refractivity (Wildman–Crippen MR) is 73.7 cm³/mol. The predicted octanol–water partition coefficient (Wildman–Crippen LogP) is 2.53. The van der Waals surface area contributed by atoms with Gasteiger partial charge in [-0.25, -0.2) is 0 Å². The zero-order valence-electron chi connectivity index (χ0n) is 10.8. The summed E-state index contributed by atoms with van der Waals surface area (Å²) in [7, 11) is 1.66. The SMILES string of the molecule is Cn1cnc([N+](=O)[O-])c1Sc1nnc(-c2ccccc2)o1. The van der Waals surface area contributed by atoms with Gasteiger partial charge in [-0.1, -0.05) is 18.2 Å². The Morgan fingerprint density at radius 1 is 1.29 bits per heavy atom. The van der Waals surface area contributed by atoms with Crippen molar-refractivity contribution in [1.29, 1.82) is 0 Å². The van der Waals surface area contributed by atoms with Crippen LogP contribution in [-0.2, 0) is 7.05 Å². The van der Waals surface area contributed by atoms with E-state index >= 15 is 0 Å². The Hall–Kier alpha value is -2.68. The molecule has 9 heteroatoms. The molecule has 21 heavy (non-hydrogen) atoms. The number of imidazole rings is 1. The fourth-order valence-corrected chi connectivity index (χ4v) is 2.46. The molecule has 0 aliphatic rings. The van der Waals surface area contributed by atoms with Crippen molar-refractivity contribution in [2.45, 2.75) is 10.2 Å². The first-order chi connectivity index (χ1) is 10.1. The third kappa shape index (κ3) is 2.63. The van der Waals surface area contributed by atoms with Crippen LogP contribution < -0.4 is 0 Å². The number of nitrogens with zero attached hydrogens (tertiary/aromatic N) is 5. The van der Waals surface area contributed by atoms with Crippen LogP contribution in [0.15, 0.2) is 51.3 Å². The third-order valence-electron chi connectivity index (χ3n) is 2.65. The van der Waals surface area contributed by atoms with Crippen LogP contribution in [0.4, 0.5) is 5.82 Å². The Bertz CT molecular complexity index is 783. The zero-order valence-corrected chi connectivity index (χ0v) is 11.6. The van der Waals surface area contributed by atoms with Gasteiger partial charge in [-0.2, -0.15) is 0 Å². The van der Waals surface area contributed by atoms with Crippen LogP contribution in [0.3, 0.4) is 0 Å². The molecule has 0 aliphatic heterocycles. The van der Waals surface area contributed by atoms with Gasteiger partial charge in [-0.15, -0.1) is 10.2 Å². The summed E-state index contributed by atoms with van der Waals surface area (Å²) in [4.78, 5) is 14.1. The molecule has 0 bridgehead atoms. The maximum absolute atomic E-state index is 10.9. The number of hydrogen-bond acceptors (Lipinski definition) is 7. The minimum Gasteiger partial charge on any atom is -0.411 e. The number of benzene rings is 1. The smallest absolute Gasteiger partial charge is 0.396 e. The lowest BCUT2D eigenvalue weighted by Crippen LogP contribution is -1.93. The van der Waals surface area contributed by atoms with E-state index in [9.17, 15) is 10.1 Å². The highest BCUT2D eigenvalue weighted by atomic mass is 32.2.